The molecule has 1 fully saturated rings. The number of halogens is 1. The first-order valence-electron chi connectivity index (χ1n) is 3.07. The third-order valence-corrected chi connectivity index (χ3v) is 1.72. The van der Waals surface area contributed by atoms with Gasteiger partial charge in [-0.05, 0) is 19.3 Å². The summed E-state index contributed by atoms with van der Waals surface area (Å²) in [6.07, 6.45) is 0.286. The minimum atomic E-state index is -0.869. The number of rotatable bonds is 1. The lowest BCUT2D eigenvalue weighted by Crippen LogP contribution is -2.09. The topological polar surface area (TPSA) is 37.3 Å². The van der Waals surface area contributed by atoms with E-state index in [2.05, 4.69) is 0 Å². The second-order valence-corrected chi connectivity index (χ2v) is 2.45. The quantitative estimate of drug-likeness (QED) is 0.582. The third kappa shape index (κ3) is 1.40. The van der Waals surface area contributed by atoms with Gasteiger partial charge < -0.3 is 5.11 Å². The van der Waals surface area contributed by atoms with E-state index in [1.54, 1.807) is 0 Å². The van der Waals surface area contributed by atoms with Crippen LogP contribution in [0.2, 0.25) is 0 Å². The van der Waals surface area contributed by atoms with E-state index >= 15 is 0 Å². The summed E-state index contributed by atoms with van der Waals surface area (Å²) in [5, 5.41) is 8.36. The Morgan fingerprint density at radius 1 is 1.56 bits per heavy atom. The van der Waals surface area contributed by atoms with Gasteiger partial charge in [-0.2, -0.15) is 0 Å². The van der Waals surface area contributed by atoms with Gasteiger partial charge in [-0.3, -0.25) is 4.79 Å². The van der Waals surface area contributed by atoms with Crippen LogP contribution >= 0.6 is 0 Å². The fourth-order valence-electron chi connectivity index (χ4n) is 1.15. The van der Waals surface area contributed by atoms with Crippen molar-refractivity contribution in [2.75, 3.05) is 0 Å². The van der Waals surface area contributed by atoms with Crippen LogP contribution < -0.4 is 0 Å². The van der Waals surface area contributed by atoms with Crippen molar-refractivity contribution in [1.82, 2.24) is 0 Å². The Hall–Kier alpha value is -0.600. The lowest BCUT2D eigenvalue weighted by atomic mass is 10.1. The van der Waals surface area contributed by atoms with Crippen molar-refractivity contribution in [3.8, 4) is 0 Å². The molecule has 1 aliphatic rings. The summed E-state index contributed by atoms with van der Waals surface area (Å²) < 4.78 is 12.3. The van der Waals surface area contributed by atoms with E-state index in [1.165, 1.54) is 0 Å². The first kappa shape index (κ1) is 6.52. The van der Waals surface area contributed by atoms with Gasteiger partial charge >= 0.3 is 5.97 Å². The van der Waals surface area contributed by atoms with Gasteiger partial charge in [-0.15, -0.1) is 0 Å². The zero-order valence-corrected chi connectivity index (χ0v) is 5.01. The van der Waals surface area contributed by atoms with Crippen LogP contribution in [0.5, 0.6) is 0 Å². The Morgan fingerprint density at radius 3 is 2.44 bits per heavy atom. The Bertz CT molecular complexity index is 124. The number of carboxylic acid groups (broad SMARTS) is 1. The van der Waals surface area contributed by atoms with Crippen molar-refractivity contribution in [2.24, 2.45) is 5.92 Å². The predicted octanol–water partition coefficient (Wildman–Crippen LogP) is 1.21. The molecule has 0 aromatic carbocycles. The van der Waals surface area contributed by atoms with E-state index in [-0.39, 0.29) is 6.42 Å². The molecule has 0 aromatic heterocycles. The minimum Gasteiger partial charge on any atom is -0.481 e. The normalized spacial score (nSPS) is 34.8. The maximum atomic E-state index is 12.3. The fourth-order valence-corrected chi connectivity index (χ4v) is 1.15. The van der Waals surface area contributed by atoms with Crippen LogP contribution in [0.15, 0.2) is 0 Å². The molecular weight excluding hydrogens is 123 g/mol. The summed E-state index contributed by atoms with van der Waals surface area (Å²) in [5.74, 6) is -1.27. The molecule has 1 N–H and O–H groups in total. The van der Waals surface area contributed by atoms with Gasteiger partial charge in [0.2, 0.25) is 0 Å². The highest BCUT2D eigenvalue weighted by molar-refractivity contribution is 5.70. The molecule has 1 rings (SSSR count). The highest BCUT2D eigenvalue weighted by atomic mass is 19.1. The largest absolute Gasteiger partial charge is 0.481 e. The zero-order chi connectivity index (χ0) is 6.85. The zero-order valence-electron chi connectivity index (χ0n) is 5.01. The highest BCUT2D eigenvalue weighted by Crippen LogP contribution is 2.27. The molecule has 0 radical (unpaired) electrons. The second kappa shape index (κ2) is 2.33. The van der Waals surface area contributed by atoms with Crippen LogP contribution in [0.4, 0.5) is 4.39 Å². The van der Waals surface area contributed by atoms with Gasteiger partial charge in [0.05, 0.1) is 5.92 Å². The SMILES string of the molecule is O=C(O)[C@@H]1CC[C@H](F)C1. The van der Waals surface area contributed by atoms with Crippen LogP contribution in [0.3, 0.4) is 0 Å². The first-order chi connectivity index (χ1) is 4.20. The van der Waals surface area contributed by atoms with Gasteiger partial charge in [0.15, 0.2) is 0 Å². The highest BCUT2D eigenvalue weighted by Gasteiger charge is 2.29. The average molecular weight is 132 g/mol. The predicted molar refractivity (Wildman–Crippen MR) is 29.9 cm³/mol. The van der Waals surface area contributed by atoms with Gasteiger partial charge in [-0.1, -0.05) is 0 Å². The number of carboxylic acids is 1. The fraction of sp³-hybridized carbons (Fsp3) is 0.833. The van der Waals surface area contributed by atoms with E-state index in [0.29, 0.717) is 12.8 Å². The van der Waals surface area contributed by atoms with Crippen LogP contribution in [0, 0.1) is 5.92 Å². The van der Waals surface area contributed by atoms with Crippen LogP contribution in [-0.2, 0) is 4.79 Å². The monoisotopic (exact) mass is 132 g/mol. The Balaban J connectivity index is 2.39. The molecule has 0 spiro atoms. The first-order valence-corrected chi connectivity index (χ1v) is 3.07. The molecule has 1 aliphatic carbocycles. The summed E-state index contributed by atoms with van der Waals surface area (Å²) in [5.41, 5.74) is 0. The van der Waals surface area contributed by atoms with E-state index in [9.17, 15) is 9.18 Å². The van der Waals surface area contributed by atoms with Crippen molar-refractivity contribution < 1.29 is 14.3 Å². The summed E-state index contributed by atoms with van der Waals surface area (Å²) in [4.78, 5) is 10.2. The van der Waals surface area contributed by atoms with Gasteiger partial charge in [0.25, 0.3) is 0 Å². The molecule has 0 saturated heterocycles. The molecule has 0 bridgehead atoms. The maximum absolute atomic E-state index is 12.3. The Morgan fingerprint density at radius 2 is 2.22 bits per heavy atom. The number of alkyl halides is 1. The minimum absolute atomic E-state index is 0.218. The molecule has 9 heavy (non-hydrogen) atoms. The van der Waals surface area contributed by atoms with Crippen molar-refractivity contribution in [3.63, 3.8) is 0 Å². The smallest absolute Gasteiger partial charge is 0.306 e. The molecule has 1 saturated carbocycles. The van der Waals surface area contributed by atoms with E-state index in [1.807, 2.05) is 0 Å². The molecule has 0 aliphatic heterocycles. The second-order valence-electron chi connectivity index (χ2n) is 2.45. The van der Waals surface area contributed by atoms with E-state index < -0.39 is 18.1 Å². The number of aliphatic carboxylic acids is 1. The molecule has 52 valence electrons. The number of hydrogen-bond acceptors (Lipinski definition) is 1. The Kier molecular flexibility index (Phi) is 1.69. The summed E-state index contributed by atoms with van der Waals surface area (Å²) in [7, 11) is 0. The standard InChI is InChI=1S/C6H9FO2/c7-5-2-1-4(3-5)6(8)9/h4-5H,1-3H2,(H,8,9)/t4-,5+/m1/s1. The molecule has 2 atom stereocenters. The molecule has 0 aromatic rings. The number of hydrogen-bond donors (Lipinski definition) is 1. The van der Waals surface area contributed by atoms with Crippen molar-refractivity contribution in [2.45, 2.75) is 25.4 Å². The molecule has 0 amide bonds. The molecule has 2 nitrogen and oxygen atoms in total. The van der Waals surface area contributed by atoms with Gasteiger partial charge in [0, 0.05) is 0 Å². The maximum Gasteiger partial charge on any atom is 0.306 e. The Labute approximate surface area is 52.7 Å². The molecule has 0 unspecified atom stereocenters. The molecule has 3 heteroatoms. The average Bonchev–Trinajstić information content (AvgIpc) is 2.14. The van der Waals surface area contributed by atoms with Gasteiger partial charge in [0.1, 0.15) is 6.17 Å². The van der Waals surface area contributed by atoms with Crippen LogP contribution in [-0.4, -0.2) is 17.2 Å². The van der Waals surface area contributed by atoms with E-state index in [0.717, 1.165) is 0 Å². The lowest BCUT2D eigenvalue weighted by molar-refractivity contribution is -0.141. The van der Waals surface area contributed by atoms with Crippen molar-refractivity contribution in [1.29, 1.82) is 0 Å². The summed E-state index contributed by atoms with van der Waals surface area (Å²) in [6.45, 7) is 0. The lowest BCUT2D eigenvalue weighted by Gasteiger charge is -1.98. The summed E-state index contributed by atoms with van der Waals surface area (Å²) in [6, 6.07) is 0. The molecule has 0 heterocycles. The third-order valence-electron chi connectivity index (χ3n) is 1.72. The number of carbonyl (C=O) groups is 1. The van der Waals surface area contributed by atoms with Gasteiger partial charge in [-0.25, -0.2) is 4.39 Å². The van der Waals surface area contributed by atoms with Crippen molar-refractivity contribution in [3.05, 3.63) is 0 Å². The van der Waals surface area contributed by atoms with Crippen molar-refractivity contribution >= 4 is 5.97 Å². The molecular formula is C6H9FO2. The van der Waals surface area contributed by atoms with E-state index in [4.69, 9.17) is 5.11 Å². The van der Waals surface area contributed by atoms with Crippen LogP contribution in [0.1, 0.15) is 19.3 Å². The summed E-state index contributed by atoms with van der Waals surface area (Å²) >= 11 is 0. The van der Waals surface area contributed by atoms with Crippen LogP contribution in [0.25, 0.3) is 0 Å².